The number of hydrogen-bond donors (Lipinski definition) is 6. The molecule has 0 aliphatic carbocycles. The fourth-order valence-electron chi connectivity index (χ4n) is 1.56. The Morgan fingerprint density at radius 2 is 1.70 bits per heavy atom. The second kappa shape index (κ2) is 13.9. The molecule has 0 aromatic heterocycles. The molecule has 0 radical (unpaired) electrons. The van der Waals surface area contributed by atoms with Crippen molar-refractivity contribution in [1.29, 1.82) is 0 Å². The summed E-state index contributed by atoms with van der Waals surface area (Å²) in [6.45, 7) is 4.31. The van der Waals surface area contributed by atoms with Gasteiger partial charge in [-0.05, 0) is 31.7 Å². The SMILES string of the molecule is CC(C)C[C@H](N)C(=O)O.NC(=O)CC[C@H](NCCCO)C(=O)O. The van der Waals surface area contributed by atoms with E-state index in [1.165, 1.54) is 0 Å². The van der Waals surface area contributed by atoms with Crippen LogP contribution >= 0.6 is 0 Å². The minimum Gasteiger partial charge on any atom is -0.480 e. The number of amides is 1. The Morgan fingerprint density at radius 3 is 2.00 bits per heavy atom. The van der Waals surface area contributed by atoms with Crippen molar-refractivity contribution in [2.24, 2.45) is 17.4 Å². The molecule has 0 saturated heterocycles. The van der Waals surface area contributed by atoms with Crippen LogP contribution in [-0.2, 0) is 14.4 Å². The first-order valence-corrected chi connectivity index (χ1v) is 7.45. The van der Waals surface area contributed by atoms with E-state index < -0.39 is 29.9 Å². The maximum Gasteiger partial charge on any atom is 0.320 e. The van der Waals surface area contributed by atoms with Crippen molar-refractivity contribution < 1.29 is 29.7 Å². The van der Waals surface area contributed by atoms with Crippen LogP contribution in [0.1, 0.15) is 39.5 Å². The Balaban J connectivity index is 0. The Kier molecular flexibility index (Phi) is 14.3. The van der Waals surface area contributed by atoms with Gasteiger partial charge in [0.15, 0.2) is 0 Å². The molecule has 0 heterocycles. The number of aliphatic carboxylic acids is 2. The molecule has 0 aromatic rings. The normalized spacial score (nSPS) is 12.9. The Bertz CT molecular complexity index is 362. The van der Waals surface area contributed by atoms with Crippen LogP contribution in [0.2, 0.25) is 0 Å². The monoisotopic (exact) mass is 335 g/mol. The smallest absolute Gasteiger partial charge is 0.320 e. The molecule has 0 unspecified atom stereocenters. The summed E-state index contributed by atoms with van der Waals surface area (Å²) in [7, 11) is 0. The minimum absolute atomic E-state index is 0.00909. The molecule has 0 bridgehead atoms. The lowest BCUT2D eigenvalue weighted by atomic mass is 10.1. The van der Waals surface area contributed by atoms with Gasteiger partial charge in [0.2, 0.25) is 5.91 Å². The van der Waals surface area contributed by atoms with Gasteiger partial charge in [-0.15, -0.1) is 0 Å². The van der Waals surface area contributed by atoms with Gasteiger partial charge in [-0.25, -0.2) is 0 Å². The van der Waals surface area contributed by atoms with Crippen LogP contribution in [-0.4, -0.2) is 58.4 Å². The van der Waals surface area contributed by atoms with Crippen LogP contribution in [0.4, 0.5) is 0 Å². The van der Waals surface area contributed by atoms with Crippen LogP contribution in [0.15, 0.2) is 0 Å². The molecule has 8 N–H and O–H groups in total. The lowest BCUT2D eigenvalue weighted by molar-refractivity contribution is -0.140. The first kappa shape index (κ1) is 23.6. The van der Waals surface area contributed by atoms with Crippen molar-refractivity contribution in [1.82, 2.24) is 5.32 Å². The summed E-state index contributed by atoms with van der Waals surface area (Å²) in [6, 6.07) is -1.46. The molecule has 0 rings (SSSR count). The number of primary amides is 1. The van der Waals surface area contributed by atoms with Gasteiger partial charge in [0.1, 0.15) is 12.1 Å². The Labute approximate surface area is 136 Å². The first-order chi connectivity index (χ1) is 10.6. The van der Waals surface area contributed by atoms with Gasteiger partial charge in [0.25, 0.3) is 0 Å². The highest BCUT2D eigenvalue weighted by molar-refractivity contribution is 5.77. The van der Waals surface area contributed by atoms with E-state index in [0.717, 1.165) is 0 Å². The second-order valence-electron chi connectivity index (χ2n) is 5.50. The average molecular weight is 335 g/mol. The fraction of sp³-hybridized carbons (Fsp3) is 0.786. The van der Waals surface area contributed by atoms with E-state index in [-0.39, 0.29) is 19.4 Å². The average Bonchev–Trinajstić information content (AvgIpc) is 2.41. The lowest BCUT2D eigenvalue weighted by Gasteiger charge is -2.12. The zero-order valence-corrected chi connectivity index (χ0v) is 13.7. The molecule has 0 fully saturated rings. The molecular formula is C14H29N3O6. The Hall–Kier alpha value is -1.71. The molecule has 0 aliphatic heterocycles. The van der Waals surface area contributed by atoms with Crippen molar-refractivity contribution >= 4 is 17.8 Å². The van der Waals surface area contributed by atoms with Gasteiger partial charge in [-0.1, -0.05) is 13.8 Å². The summed E-state index contributed by atoms with van der Waals surface area (Å²) in [6.07, 6.45) is 1.26. The number of carboxylic acid groups (broad SMARTS) is 2. The summed E-state index contributed by atoms with van der Waals surface area (Å²) < 4.78 is 0. The zero-order chi connectivity index (χ0) is 18.4. The molecule has 2 atom stereocenters. The van der Waals surface area contributed by atoms with Gasteiger partial charge in [-0.3, -0.25) is 14.4 Å². The fourth-order valence-corrected chi connectivity index (χ4v) is 1.56. The highest BCUT2D eigenvalue weighted by Gasteiger charge is 2.16. The molecule has 1 amide bonds. The molecule has 0 aliphatic rings. The highest BCUT2D eigenvalue weighted by Crippen LogP contribution is 2.01. The van der Waals surface area contributed by atoms with Gasteiger partial charge in [-0.2, -0.15) is 0 Å². The maximum atomic E-state index is 10.6. The number of carboxylic acids is 2. The summed E-state index contributed by atoms with van der Waals surface area (Å²) in [5, 5.41) is 28.2. The standard InChI is InChI=1S/C8H16N2O4.C6H13NO2/c9-7(12)3-2-6(8(13)14)10-4-1-5-11;1-4(2)3-5(7)6(8)9/h6,10-11H,1-5H2,(H2,9,12)(H,13,14);4-5H,3,7H2,1-2H3,(H,8,9)/t6-;5-/m00/s1. The van der Waals surface area contributed by atoms with E-state index in [4.69, 9.17) is 26.8 Å². The van der Waals surface area contributed by atoms with E-state index in [1.54, 1.807) is 0 Å². The molecule has 136 valence electrons. The van der Waals surface area contributed by atoms with E-state index >= 15 is 0 Å². The van der Waals surface area contributed by atoms with Crippen molar-refractivity contribution in [3.8, 4) is 0 Å². The first-order valence-electron chi connectivity index (χ1n) is 7.45. The maximum absolute atomic E-state index is 10.6. The number of rotatable bonds is 11. The molecule has 0 saturated carbocycles. The van der Waals surface area contributed by atoms with E-state index in [2.05, 4.69) is 5.32 Å². The molecule has 0 spiro atoms. The number of nitrogens with one attached hydrogen (secondary N) is 1. The third-order valence-corrected chi connectivity index (χ3v) is 2.75. The Morgan fingerprint density at radius 1 is 1.13 bits per heavy atom. The zero-order valence-electron chi connectivity index (χ0n) is 13.7. The number of carbonyl (C=O) groups excluding carboxylic acids is 1. The number of nitrogens with two attached hydrogens (primary N) is 2. The molecular weight excluding hydrogens is 306 g/mol. The summed E-state index contributed by atoms with van der Waals surface area (Å²) in [5.41, 5.74) is 10.1. The van der Waals surface area contributed by atoms with Gasteiger partial charge in [0.05, 0.1) is 0 Å². The highest BCUT2D eigenvalue weighted by atomic mass is 16.4. The summed E-state index contributed by atoms with van der Waals surface area (Å²) >= 11 is 0. The van der Waals surface area contributed by atoms with E-state index in [0.29, 0.717) is 25.3 Å². The number of aliphatic hydroxyl groups is 1. The van der Waals surface area contributed by atoms with Crippen LogP contribution < -0.4 is 16.8 Å². The van der Waals surface area contributed by atoms with Crippen molar-refractivity contribution in [2.75, 3.05) is 13.2 Å². The van der Waals surface area contributed by atoms with Crippen molar-refractivity contribution in [3.05, 3.63) is 0 Å². The van der Waals surface area contributed by atoms with Crippen LogP contribution in [0.5, 0.6) is 0 Å². The third kappa shape index (κ3) is 16.5. The van der Waals surface area contributed by atoms with Crippen LogP contribution in [0.3, 0.4) is 0 Å². The van der Waals surface area contributed by atoms with Crippen LogP contribution in [0.25, 0.3) is 0 Å². The number of hydrogen-bond acceptors (Lipinski definition) is 6. The van der Waals surface area contributed by atoms with Gasteiger partial charge >= 0.3 is 11.9 Å². The van der Waals surface area contributed by atoms with Gasteiger partial charge in [0, 0.05) is 13.0 Å². The second-order valence-corrected chi connectivity index (χ2v) is 5.50. The third-order valence-electron chi connectivity index (χ3n) is 2.75. The summed E-state index contributed by atoms with van der Waals surface area (Å²) in [5.74, 6) is -2.08. The molecule has 9 heteroatoms. The van der Waals surface area contributed by atoms with Crippen molar-refractivity contribution in [2.45, 2.75) is 51.6 Å². The number of carbonyl (C=O) groups is 3. The quantitative estimate of drug-likeness (QED) is 0.264. The largest absolute Gasteiger partial charge is 0.480 e. The topological polar surface area (TPSA) is 176 Å². The molecule has 0 aromatic carbocycles. The van der Waals surface area contributed by atoms with Gasteiger partial charge < -0.3 is 32.1 Å². The lowest BCUT2D eigenvalue weighted by Crippen LogP contribution is -2.38. The van der Waals surface area contributed by atoms with Crippen molar-refractivity contribution in [3.63, 3.8) is 0 Å². The summed E-state index contributed by atoms with van der Waals surface area (Å²) in [4.78, 5) is 31.2. The van der Waals surface area contributed by atoms with E-state index in [1.807, 2.05) is 13.8 Å². The minimum atomic E-state index is -1.01. The number of aliphatic hydroxyl groups excluding tert-OH is 1. The van der Waals surface area contributed by atoms with Crippen LogP contribution in [0, 0.1) is 5.92 Å². The van der Waals surface area contributed by atoms with E-state index in [9.17, 15) is 14.4 Å². The molecule has 9 nitrogen and oxygen atoms in total. The predicted molar refractivity (Wildman–Crippen MR) is 84.6 cm³/mol. The molecule has 23 heavy (non-hydrogen) atoms. The predicted octanol–water partition coefficient (Wildman–Crippen LogP) is -0.878.